The molecule has 0 aliphatic heterocycles. The number of rotatable bonds is 10. The van der Waals surface area contributed by atoms with E-state index in [1.54, 1.807) is 52.7 Å². The lowest BCUT2D eigenvalue weighted by Gasteiger charge is -2.12. The molecular formula is C21H25NO6. The van der Waals surface area contributed by atoms with Gasteiger partial charge >= 0.3 is 0 Å². The highest BCUT2D eigenvalue weighted by atomic mass is 16.5. The summed E-state index contributed by atoms with van der Waals surface area (Å²) in [7, 11) is 6.24. The highest BCUT2D eigenvalue weighted by molar-refractivity contribution is 5.92. The normalized spacial score (nSPS) is 10.4. The molecule has 0 atom stereocenters. The number of carbonyl (C=O) groups is 1. The SMILES string of the molecule is COc1cccc(OCCNC(=O)/C=C/c2cc(OC)c(OC)cc2OC)c1. The van der Waals surface area contributed by atoms with E-state index in [-0.39, 0.29) is 5.91 Å². The molecule has 28 heavy (non-hydrogen) atoms. The minimum absolute atomic E-state index is 0.244. The maximum absolute atomic E-state index is 12.0. The number of ether oxygens (including phenoxy) is 5. The molecule has 0 fully saturated rings. The van der Waals surface area contributed by atoms with E-state index in [1.807, 2.05) is 18.2 Å². The Balaban J connectivity index is 1.89. The first-order valence-corrected chi connectivity index (χ1v) is 8.64. The lowest BCUT2D eigenvalue weighted by Crippen LogP contribution is -2.26. The Morgan fingerprint density at radius 3 is 2.25 bits per heavy atom. The van der Waals surface area contributed by atoms with Crippen molar-refractivity contribution in [1.29, 1.82) is 0 Å². The first-order chi connectivity index (χ1) is 13.6. The third-order valence-corrected chi connectivity index (χ3v) is 3.86. The van der Waals surface area contributed by atoms with Crippen LogP contribution in [0.4, 0.5) is 0 Å². The molecular weight excluding hydrogens is 362 g/mol. The van der Waals surface area contributed by atoms with Gasteiger partial charge in [0, 0.05) is 23.8 Å². The van der Waals surface area contributed by atoms with E-state index in [9.17, 15) is 4.79 Å². The summed E-state index contributed by atoms with van der Waals surface area (Å²) in [6.07, 6.45) is 3.08. The van der Waals surface area contributed by atoms with Crippen LogP contribution in [0.2, 0.25) is 0 Å². The van der Waals surface area contributed by atoms with Gasteiger partial charge in [-0.05, 0) is 24.3 Å². The van der Waals surface area contributed by atoms with Gasteiger partial charge in [0.05, 0.1) is 35.0 Å². The van der Waals surface area contributed by atoms with Gasteiger partial charge in [-0.3, -0.25) is 4.79 Å². The standard InChI is InChI=1S/C21H25NO6/c1-24-16-6-5-7-17(13-16)28-11-10-22-21(23)9-8-15-12-19(26-3)20(27-4)14-18(15)25-2/h5-9,12-14H,10-11H2,1-4H3,(H,22,23)/b9-8+. The van der Waals surface area contributed by atoms with Crippen molar-refractivity contribution in [1.82, 2.24) is 5.32 Å². The summed E-state index contributed by atoms with van der Waals surface area (Å²) < 4.78 is 26.6. The Bertz CT molecular complexity index is 819. The van der Waals surface area contributed by atoms with Crippen LogP contribution in [0.15, 0.2) is 42.5 Å². The fraction of sp³-hybridized carbons (Fsp3) is 0.286. The second kappa shape index (κ2) is 10.7. The van der Waals surface area contributed by atoms with E-state index in [0.29, 0.717) is 47.5 Å². The van der Waals surface area contributed by atoms with Crippen molar-refractivity contribution in [2.45, 2.75) is 0 Å². The smallest absolute Gasteiger partial charge is 0.244 e. The Hall–Kier alpha value is -3.35. The van der Waals surface area contributed by atoms with E-state index in [0.717, 1.165) is 0 Å². The average Bonchev–Trinajstić information content (AvgIpc) is 2.74. The van der Waals surface area contributed by atoms with Crippen LogP contribution < -0.4 is 29.0 Å². The molecule has 1 amide bonds. The second-order valence-electron chi connectivity index (χ2n) is 5.60. The predicted octanol–water partition coefficient (Wildman–Crippen LogP) is 2.93. The quantitative estimate of drug-likeness (QED) is 0.499. The number of amides is 1. The van der Waals surface area contributed by atoms with Crippen LogP contribution in [0, 0.1) is 0 Å². The molecule has 0 aliphatic carbocycles. The second-order valence-corrected chi connectivity index (χ2v) is 5.60. The van der Waals surface area contributed by atoms with Crippen LogP contribution >= 0.6 is 0 Å². The summed E-state index contributed by atoms with van der Waals surface area (Å²) in [6.45, 7) is 0.704. The Labute approximate surface area is 164 Å². The molecule has 0 aliphatic rings. The van der Waals surface area contributed by atoms with Gasteiger partial charge < -0.3 is 29.0 Å². The highest BCUT2D eigenvalue weighted by Gasteiger charge is 2.10. The first kappa shape index (κ1) is 21.0. The minimum Gasteiger partial charge on any atom is -0.497 e. The van der Waals surface area contributed by atoms with Crippen LogP contribution in [0.25, 0.3) is 6.08 Å². The molecule has 2 rings (SSSR count). The third-order valence-electron chi connectivity index (χ3n) is 3.86. The zero-order valence-electron chi connectivity index (χ0n) is 16.5. The summed E-state index contributed by atoms with van der Waals surface area (Å²) in [5.74, 6) is 2.83. The molecule has 0 bridgehead atoms. The largest absolute Gasteiger partial charge is 0.497 e. The molecule has 0 heterocycles. The van der Waals surface area contributed by atoms with Gasteiger partial charge in [0.1, 0.15) is 23.9 Å². The van der Waals surface area contributed by atoms with Gasteiger partial charge in [-0.25, -0.2) is 0 Å². The summed E-state index contributed by atoms with van der Waals surface area (Å²) >= 11 is 0. The summed E-state index contributed by atoms with van der Waals surface area (Å²) in [5.41, 5.74) is 0.697. The Morgan fingerprint density at radius 1 is 0.893 bits per heavy atom. The van der Waals surface area contributed by atoms with E-state index in [1.165, 1.54) is 6.08 Å². The van der Waals surface area contributed by atoms with Crippen molar-refractivity contribution in [3.8, 4) is 28.7 Å². The van der Waals surface area contributed by atoms with Gasteiger partial charge in [-0.1, -0.05) is 6.07 Å². The summed E-state index contributed by atoms with van der Waals surface area (Å²) in [6, 6.07) is 10.7. The van der Waals surface area contributed by atoms with E-state index in [4.69, 9.17) is 23.7 Å². The molecule has 7 heteroatoms. The molecule has 2 aromatic rings. The third kappa shape index (κ3) is 5.84. The lowest BCUT2D eigenvalue weighted by molar-refractivity contribution is -0.116. The van der Waals surface area contributed by atoms with Gasteiger partial charge in [0.25, 0.3) is 0 Å². The van der Waals surface area contributed by atoms with E-state index in [2.05, 4.69) is 5.32 Å². The monoisotopic (exact) mass is 387 g/mol. The van der Waals surface area contributed by atoms with Crippen molar-refractivity contribution in [2.24, 2.45) is 0 Å². The highest BCUT2D eigenvalue weighted by Crippen LogP contribution is 2.35. The van der Waals surface area contributed by atoms with Crippen molar-refractivity contribution in [2.75, 3.05) is 41.6 Å². The van der Waals surface area contributed by atoms with Crippen LogP contribution in [-0.2, 0) is 4.79 Å². The van der Waals surface area contributed by atoms with Crippen LogP contribution in [-0.4, -0.2) is 47.5 Å². The maximum atomic E-state index is 12.0. The molecule has 0 radical (unpaired) electrons. The maximum Gasteiger partial charge on any atom is 0.244 e. The fourth-order valence-corrected chi connectivity index (χ4v) is 2.44. The fourth-order valence-electron chi connectivity index (χ4n) is 2.44. The van der Waals surface area contributed by atoms with Crippen molar-refractivity contribution < 1.29 is 28.5 Å². The van der Waals surface area contributed by atoms with E-state index >= 15 is 0 Å². The number of hydrogen-bond donors (Lipinski definition) is 1. The zero-order chi connectivity index (χ0) is 20.4. The van der Waals surface area contributed by atoms with Crippen LogP contribution in [0.5, 0.6) is 28.7 Å². The number of benzene rings is 2. The van der Waals surface area contributed by atoms with Gasteiger partial charge in [-0.15, -0.1) is 0 Å². The molecule has 0 saturated carbocycles. The summed E-state index contributed by atoms with van der Waals surface area (Å²) in [4.78, 5) is 12.0. The minimum atomic E-state index is -0.244. The number of methoxy groups -OCH3 is 4. The average molecular weight is 387 g/mol. The Morgan fingerprint density at radius 2 is 1.57 bits per heavy atom. The number of nitrogens with one attached hydrogen (secondary N) is 1. The summed E-state index contributed by atoms with van der Waals surface area (Å²) in [5, 5.41) is 2.76. The van der Waals surface area contributed by atoms with E-state index < -0.39 is 0 Å². The number of carbonyl (C=O) groups excluding carboxylic acids is 1. The molecule has 7 nitrogen and oxygen atoms in total. The first-order valence-electron chi connectivity index (χ1n) is 8.64. The lowest BCUT2D eigenvalue weighted by atomic mass is 10.1. The molecule has 150 valence electrons. The van der Waals surface area contributed by atoms with Crippen molar-refractivity contribution in [3.63, 3.8) is 0 Å². The van der Waals surface area contributed by atoms with Gasteiger partial charge in [0.15, 0.2) is 11.5 Å². The zero-order valence-corrected chi connectivity index (χ0v) is 16.5. The van der Waals surface area contributed by atoms with Crippen LogP contribution in [0.3, 0.4) is 0 Å². The van der Waals surface area contributed by atoms with Crippen molar-refractivity contribution in [3.05, 3.63) is 48.0 Å². The van der Waals surface area contributed by atoms with Gasteiger partial charge in [-0.2, -0.15) is 0 Å². The molecule has 1 N–H and O–H groups in total. The molecule has 0 saturated heterocycles. The molecule has 0 aromatic heterocycles. The topological polar surface area (TPSA) is 75.3 Å². The van der Waals surface area contributed by atoms with Crippen molar-refractivity contribution >= 4 is 12.0 Å². The van der Waals surface area contributed by atoms with Gasteiger partial charge in [0.2, 0.25) is 5.91 Å². The Kier molecular flexibility index (Phi) is 8.02. The van der Waals surface area contributed by atoms with Crippen LogP contribution in [0.1, 0.15) is 5.56 Å². The molecule has 0 unspecified atom stereocenters. The molecule has 2 aromatic carbocycles. The predicted molar refractivity (Wildman–Crippen MR) is 107 cm³/mol. The molecule has 0 spiro atoms. The number of hydrogen-bond acceptors (Lipinski definition) is 6.